The third kappa shape index (κ3) is 4.66. The van der Waals surface area contributed by atoms with Crippen molar-refractivity contribution in [1.29, 1.82) is 0 Å². The molecule has 11 heteroatoms. The number of rotatable bonds is 5. The van der Waals surface area contributed by atoms with Gasteiger partial charge in [-0.25, -0.2) is 9.37 Å². The van der Waals surface area contributed by atoms with Crippen molar-refractivity contribution in [3.8, 4) is 11.1 Å². The lowest BCUT2D eigenvalue weighted by atomic mass is 9.96. The molecule has 1 fully saturated rings. The molecule has 36 heavy (non-hydrogen) atoms. The number of aromatic nitrogens is 5. The second kappa shape index (κ2) is 9.30. The zero-order valence-electron chi connectivity index (χ0n) is 20.5. The summed E-state index contributed by atoms with van der Waals surface area (Å²) in [7, 11) is 0. The Balaban J connectivity index is 1.36. The van der Waals surface area contributed by atoms with Crippen LogP contribution in [0.25, 0.3) is 22.2 Å². The maximum Gasteiger partial charge on any atom is 0.315 e. The molecule has 1 aliphatic heterocycles. The van der Waals surface area contributed by atoms with Gasteiger partial charge in [-0.15, -0.1) is 0 Å². The maximum atomic E-state index is 15.1. The van der Waals surface area contributed by atoms with Gasteiger partial charge in [-0.3, -0.25) is 9.89 Å². The number of hydrogen-bond acceptors (Lipinski definition) is 8. The summed E-state index contributed by atoms with van der Waals surface area (Å²) in [6.45, 7) is 7.35. The molecular formula is C25H29FN8O2. The van der Waals surface area contributed by atoms with Crippen molar-refractivity contribution in [3.05, 3.63) is 53.6 Å². The Morgan fingerprint density at radius 3 is 2.75 bits per heavy atom. The van der Waals surface area contributed by atoms with Crippen LogP contribution in [0.4, 0.5) is 10.2 Å². The number of halogens is 1. The topological polar surface area (TPSA) is 139 Å². The molecule has 0 unspecified atom stereocenters. The predicted molar refractivity (Wildman–Crippen MR) is 133 cm³/mol. The third-order valence-electron chi connectivity index (χ3n) is 6.38. The lowest BCUT2D eigenvalue weighted by Gasteiger charge is -2.30. The van der Waals surface area contributed by atoms with Crippen LogP contribution in [0, 0.1) is 5.82 Å². The molecule has 1 aliphatic rings. The van der Waals surface area contributed by atoms with Gasteiger partial charge in [0.25, 0.3) is 0 Å². The van der Waals surface area contributed by atoms with Crippen LogP contribution in [-0.4, -0.2) is 50.4 Å². The third-order valence-corrected chi connectivity index (χ3v) is 6.38. The van der Waals surface area contributed by atoms with Crippen LogP contribution in [0.2, 0.25) is 0 Å². The van der Waals surface area contributed by atoms with E-state index in [9.17, 15) is 4.79 Å². The van der Waals surface area contributed by atoms with E-state index in [4.69, 9.17) is 10.3 Å². The van der Waals surface area contributed by atoms with E-state index < -0.39 is 11.7 Å². The van der Waals surface area contributed by atoms with Gasteiger partial charge in [-0.1, -0.05) is 38.1 Å². The van der Waals surface area contributed by atoms with Crippen molar-refractivity contribution in [1.82, 2.24) is 30.6 Å². The maximum absolute atomic E-state index is 15.1. The van der Waals surface area contributed by atoms with Gasteiger partial charge < -0.3 is 20.5 Å². The average molecular weight is 493 g/mol. The lowest BCUT2D eigenvalue weighted by Crippen LogP contribution is -2.39. The van der Waals surface area contributed by atoms with Crippen LogP contribution in [0.3, 0.4) is 0 Å². The Bertz CT molecular complexity index is 1400. The fourth-order valence-electron chi connectivity index (χ4n) is 4.25. The van der Waals surface area contributed by atoms with E-state index in [2.05, 4.69) is 35.5 Å². The number of nitrogens with two attached hydrogens (primary N) is 1. The number of amides is 1. The number of nitrogens with zero attached hydrogens (tertiary/aromatic N) is 5. The number of carbonyl (C=O) groups excluding carboxylic acids is 1. The van der Waals surface area contributed by atoms with Crippen molar-refractivity contribution in [2.24, 2.45) is 5.73 Å². The molecule has 10 nitrogen and oxygen atoms in total. The molecule has 4 heterocycles. The summed E-state index contributed by atoms with van der Waals surface area (Å²) in [6, 6.07) is 7.00. The highest BCUT2D eigenvalue weighted by Crippen LogP contribution is 2.35. The van der Waals surface area contributed by atoms with E-state index in [1.165, 1.54) is 6.07 Å². The molecule has 1 aromatic carbocycles. The highest BCUT2D eigenvalue weighted by atomic mass is 19.1. The Hall–Kier alpha value is -3.86. The standard InChI is InChI=1S/C25H29FN8O2/c1-25(2,3)24-30-23(36-33-24)22(35)29-13-15-5-4-14(12-18(15)26)17-6-9-28-20-19(17)21(32-31-20)34-10-7-16(27)8-11-34/h4-6,9,12,16H,7-8,10-11,13,27H2,1-3H3,(H,29,35)(H,28,31,32). The lowest BCUT2D eigenvalue weighted by molar-refractivity contribution is 0.0906. The summed E-state index contributed by atoms with van der Waals surface area (Å²) in [6.07, 6.45) is 3.45. The first-order valence-corrected chi connectivity index (χ1v) is 12.0. The Morgan fingerprint density at radius 1 is 1.28 bits per heavy atom. The van der Waals surface area contributed by atoms with Gasteiger partial charge in [-0.2, -0.15) is 10.1 Å². The predicted octanol–water partition coefficient (Wildman–Crippen LogP) is 3.30. The summed E-state index contributed by atoms with van der Waals surface area (Å²) in [5, 5.41) is 14.8. The van der Waals surface area contributed by atoms with Crippen LogP contribution >= 0.6 is 0 Å². The largest absolute Gasteiger partial charge is 0.354 e. The number of aromatic amines is 1. The van der Waals surface area contributed by atoms with Crippen molar-refractivity contribution >= 4 is 22.8 Å². The van der Waals surface area contributed by atoms with Crippen LogP contribution in [-0.2, 0) is 12.0 Å². The SMILES string of the molecule is CC(C)(C)c1noc(C(=O)NCc2ccc(-c3ccnc4[nH]nc(N5CCC(N)CC5)c34)cc2F)n1. The molecule has 0 radical (unpaired) electrons. The molecule has 0 aliphatic carbocycles. The molecule has 0 spiro atoms. The van der Waals surface area contributed by atoms with Gasteiger partial charge in [0.05, 0.1) is 5.39 Å². The molecule has 4 aromatic rings. The van der Waals surface area contributed by atoms with Gasteiger partial charge in [0.15, 0.2) is 17.3 Å². The average Bonchev–Trinajstić information content (AvgIpc) is 3.51. The Labute approximate surface area is 207 Å². The summed E-state index contributed by atoms with van der Waals surface area (Å²) in [5.74, 6) is 0.0837. The van der Waals surface area contributed by atoms with E-state index in [1.54, 1.807) is 12.3 Å². The first kappa shape index (κ1) is 23.9. The smallest absolute Gasteiger partial charge is 0.315 e. The molecule has 3 aromatic heterocycles. The first-order chi connectivity index (χ1) is 17.2. The van der Waals surface area contributed by atoms with Gasteiger partial charge >= 0.3 is 11.8 Å². The highest BCUT2D eigenvalue weighted by Gasteiger charge is 2.25. The number of nitrogens with one attached hydrogen (secondary N) is 2. The van der Waals surface area contributed by atoms with Crippen LogP contribution in [0.15, 0.2) is 35.0 Å². The number of hydrogen-bond donors (Lipinski definition) is 3. The summed E-state index contributed by atoms with van der Waals surface area (Å²) < 4.78 is 20.2. The van der Waals surface area contributed by atoms with E-state index in [0.29, 0.717) is 22.6 Å². The molecule has 1 saturated heterocycles. The fourth-order valence-corrected chi connectivity index (χ4v) is 4.25. The number of carbonyl (C=O) groups is 1. The molecule has 188 valence electrons. The monoisotopic (exact) mass is 492 g/mol. The summed E-state index contributed by atoms with van der Waals surface area (Å²) in [4.78, 5) is 23.2. The minimum Gasteiger partial charge on any atom is -0.354 e. The zero-order chi connectivity index (χ0) is 25.4. The minimum absolute atomic E-state index is 0.0189. The molecule has 4 N–H and O–H groups in total. The van der Waals surface area contributed by atoms with E-state index in [-0.39, 0.29) is 23.9 Å². The number of anilines is 1. The number of piperidine rings is 1. The second-order valence-electron chi connectivity index (χ2n) is 10.1. The van der Waals surface area contributed by atoms with E-state index >= 15 is 4.39 Å². The molecular weight excluding hydrogens is 463 g/mol. The number of benzene rings is 1. The molecule has 0 saturated carbocycles. The number of fused-ring (bicyclic) bond motifs is 1. The number of pyridine rings is 1. The van der Waals surface area contributed by atoms with Crippen molar-refractivity contribution in [3.63, 3.8) is 0 Å². The molecule has 5 rings (SSSR count). The summed E-state index contributed by atoms with van der Waals surface area (Å²) >= 11 is 0. The van der Waals surface area contributed by atoms with E-state index in [1.807, 2.05) is 32.9 Å². The van der Waals surface area contributed by atoms with Crippen molar-refractivity contribution in [2.75, 3.05) is 18.0 Å². The fraction of sp³-hybridized carbons (Fsp3) is 0.400. The van der Waals surface area contributed by atoms with Gasteiger partial charge in [0.2, 0.25) is 0 Å². The quantitative estimate of drug-likeness (QED) is 0.386. The summed E-state index contributed by atoms with van der Waals surface area (Å²) in [5.41, 5.74) is 8.21. The van der Waals surface area contributed by atoms with Gasteiger partial charge in [0.1, 0.15) is 5.82 Å². The van der Waals surface area contributed by atoms with Gasteiger partial charge in [-0.05, 0) is 36.1 Å². The first-order valence-electron chi connectivity index (χ1n) is 12.0. The normalized spacial score (nSPS) is 15.0. The Morgan fingerprint density at radius 2 is 2.06 bits per heavy atom. The molecule has 1 amide bonds. The van der Waals surface area contributed by atoms with Crippen LogP contribution < -0.4 is 16.0 Å². The van der Waals surface area contributed by atoms with Crippen LogP contribution in [0.5, 0.6) is 0 Å². The molecule has 0 bridgehead atoms. The second-order valence-corrected chi connectivity index (χ2v) is 10.1. The van der Waals surface area contributed by atoms with E-state index in [0.717, 1.165) is 42.7 Å². The van der Waals surface area contributed by atoms with Crippen LogP contribution in [0.1, 0.15) is 55.7 Å². The minimum atomic E-state index is -0.554. The molecule has 0 atom stereocenters. The highest BCUT2D eigenvalue weighted by molar-refractivity contribution is 6.00. The van der Waals surface area contributed by atoms with Crippen molar-refractivity contribution < 1.29 is 13.7 Å². The zero-order valence-corrected chi connectivity index (χ0v) is 20.5. The number of H-pyrrole nitrogens is 1. The van der Waals surface area contributed by atoms with Gasteiger partial charge in [0, 0.05) is 42.9 Å². The Kier molecular flexibility index (Phi) is 6.17. The van der Waals surface area contributed by atoms with Crippen molar-refractivity contribution in [2.45, 2.75) is 51.6 Å².